The zero-order chi connectivity index (χ0) is 17.4. The maximum Gasteiger partial charge on any atom is 0.416 e. The van der Waals surface area contributed by atoms with Crippen LogP contribution in [0.25, 0.3) is 0 Å². The molecular formula is C14H18ClF3N2O2S. The molecule has 0 unspecified atom stereocenters. The topological polar surface area (TPSA) is 63.4 Å². The summed E-state index contributed by atoms with van der Waals surface area (Å²) in [4.78, 5) is -0.308. The highest BCUT2D eigenvalue weighted by molar-refractivity contribution is 7.89. The molecule has 0 saturated carbocycles. The van der Waals surface area contributed by atoms with E-state index >= 15 is 0 Å². The van der Waals surface area contributed by atoms with E-state index in [2.05, 4.69) is 0 Å². The number of hydrogen-bond donors (Lipinski definition) is 1. The summed E-state index contributed by atoms with van der Waals surface area (Å²) in [7, 11) is -3.94. The Bertz CT molecular complexity index is 677. The van der Waals surface area contributed by atoms with E-state index < -0.39 is 26.8 Å². The van der Waals surface area contributed by atoms with Gasteiger partial charge in [-0.3, -0.25) is 0 Å². The van der Waals surface area contributed by atoms with E-state index in [4.69, 9.17) is 17.3 Å². The molecule has 0 aliphatic carbocycles. The molecule has 9 heteroatoms. The van der Waals surface area contributed by atoms with Gasteiger partial charge in [-0.2, -0.15) is 17.5 Å². The summed E-state index contributed by atoms with van der Waals surface area (Å²) in [6.45, 7) is 2.37. The Morgan fingerprint density at radius 2 is 2.04 bits per heavy atom. The second-order valence-corrected chi connectivity index (χ2v) is 8.08. The van der Waals surface area contributed by atoms with Crippen LogP contribution < -0.4 is 5.73 Å². The Morgan fingerprint density at radius 1 is 1.39 bits per heavy atom. The summed E-state index contributed by atoms with van der Waals surface area (Å²) in [5.74, 6) is 0.0201. The van der Waals surface area contributed by atoms with Crippen molar-refractivity contribution in [3.63, 3.8) is 0 Å². The number of nitrogens with zero attached hydrogens (tertiary/aromatic N) is 1. The molecule has 1 aromatic carbocycles. The van der Waals surface area contributed by atoms with Gasteiger partial charge in [0.25, 0.3) is 0 Å². The monoisotopic (exact) mass is 370 g/mol. The van der Waals surface area contributed by atoms with Gasteiger partial charge in [0, 0.05) is 19.1 Å². The number of rotatable bonds is 3. The van der Waals surface area contributed by atoms with Crippen LogP contribution in [0.1, 0.15) is 25.3 Å². The molecule has 23 heavy (non-hydrogen) atoms. The Hall–Kier alpha value is -0.830. The first-order valence-electron chi connectivity index (χ1n) is 7.16. The molecule has 0 aromatic heterocycles. The van der Waals surface area contributed by atoms with E-state index in [0.29, 0.717) is 19.0 Å². The second-order valence-electron chi connectivity index (χ2n) is 5.77. The van der Waals surface area contributed by atoms with Crippen molar-refractivity contribution in [2.24, 2.45) is 11.7 Å². The molecule has 1 fully saturated rings. The Kier molecular flexibility index (Phi) is 5.30. The second kappa shape index (κ2) is 6.58. The lowest BCUT2D eigenvalue weighted by atomic mass is 9.93. The van der Waals surface area contributed by atoms with Gasteiger partial charge in [-0.05, 0) is 43.9 Å². The molecule has 1 heterocycles. The fourth-order valence-electron chi connectivity index (χ4n) is 2.65. The van der Waals surface area contributed by atoms with Crippen molar-refractivity contribution in [1.29, 1.82) is 0 Å². The predicted molar refractivity (Wildman–Crippen MR) is 81.6 cm³/mol. The molecule has 130 valence electrons. The lowest BCUT2D eigenvalue weighted by Crippen LogP contribution is -2.45. The maximum absolute atomic E-state index is 12.7. The molecule has 1 aliphatic rings. The molecule has 4 nitrogen and oxygen atoms in total. The Balaban J connectivity index is 2.33. The first-order valence-corrected chi connectivity index (χ1v) is 8.97. The first-order chi connectivity index (χ1) is 10.5. The SMILES string of the molecule is C[C@@H](N)[C@H]1CCCN(S(=O)(=O)c2ccc(C(F)(F)F)cc2Cl)C1. The molecule has 2 N–H and O–H groups in total. The van der Waals surface area contributed by atoms with Crippen molar-refractivity contribution in [2.75, 3.05) is 13.1 Å². The van der Waals surface area contributed by atoms with Crippen LogP contribution in [0.3, 0.4) is 0 Å². The molecule has 0 bridgehead atoms. The number of piperidine rings is 1. The van der Waals surface area contributed by atoms with Crippen molar-refractivity contribution in [3.8, 4) is 0 Å². The van der Waals surface area contributed by atoms with Crippen molar-refractivity contribution < 1.29 is 21.6 Å². The summed E-state index contributed by atoms with van der Waals surface area (Å²) < 4.78 is 64.5. The van der Waals surface area contributed by atoms with Crippen LogP contribution in [-0.4, -0.2) is 31.9 Å². The molecule has 1 aromatic rings. The van der Waals surface area contributed by atoms with Crippen LogP contribution >= 0.6 is 11.6 Å². The smallest absolute Gasteiger partial charge is 0.328 e. The molecule has 0 amide bonds. The van der Waals surface area contributed by atoms with Crippen LogP contribution in [0.4, 0.5) is 13.2 Å². The van der Waals surface area contributed by atoms with Crippen molar-refractivity contribution >= 4 is 21.6 Å². The van der Waals surface area contributed by atoms with Gasteiger partial charge in [-0.1, -0.05) is 11.6 Å². The highest BCUT2D eigenvalue weighted by Crippen LogP contribution is 2.35. The standard InChI is InChI=1S/C14H18ClF3N2O2S/c1-9(19)10-3-2-6-20(8-10)23(21,22)13-5-4-11(7-12(13)15)14(16,17)18/h4-5,7,9-10H,2-3,6,8,19H2,1H3/t9-,10+/m1/s1. The fourth-order valence-corrected chi connectivity index (χ4v) is 4.70. The van der Waals surface area contributed by atoms with Crippen molar-refractivity contribution in [1.82, 2.24) is 4.31 Å². The van der Waals surface area contributed by atoms with Gasteiger partial charge in [-0.15, -0.1) is 0 Å². The number of halogens is 4. The fraction of sp³-hybridized carbons (Fsp3) is 0.571. The van der Waals surface area contributed by atoms with Crippen LogP contribution in [0.2, 0.25) is 5.02 Å². The van der Waals surface area contributed by atoms with Gasteiger partial charge in [-0.25, -0.2) is 8.42 Å². The largest absolute Gasteiger partial charge is 0.416 e. The van der Waals surface area contributed by atoms with Crippen LogP contribution in [0.15, 0.2) is 23.1 Å². The van der Waals surface area contributed by atoms with Crippen molar-refractivity contribution in [2.45, 2.75) is 36.9 Å². The van der Waals surface area contributed by atoms with E-state index in [1.807, 2.05) is 6.92 Å². The van der Waals surface area contributed by atoms with Crippen LogP contribution in [-0.2, 0) is 16.2 Å². The van der Waals surface area contributed by atoms with Crippen molar-refractivity contribution in [3.05, 3.63) is 28.8 Å². The number of benzene rings is 1. The summed E-state index contributed by atoms with van der Waals surface area (Å²) in [6, 6.07) is 2.12. The summed E-state index contributed by atoms with van der Waals surface area (Å²) in [5, 5.41) is -0.428. The minimum atomic E-state index is -4.57. The lowest BCUT2D eigenvalue weighted by Gasteiger charge is -2.34. The molecule has 0 radical (unpaired) electrons. The van der Waals surface area contributed by atoms with Gasteiger partial charge >= 0.3 is 6.18 Å². The summed E-state index contributed by atoms with van der Waals surface area (Å²) in [6.07, 6.45) is -3.09. The van der Waals surface area contributed by atoms with E-state index in [1.54, 1.807) is 0 Å². The minimum absolute atomic E-state index is 0.0201. The average Bonchev–Trinajstić information content (AvgIpc) is 2.46. The van der Waals surface area contributed by atoms with Gasteiger partial charge in [0.2, 0.25) is 10.0 Å². The maximum atomic E-state index is 12.7. The Labute approximate surface area is 138 Å². The molecule has 2 atom stereocenters. The van der Waals surface area contributed by atoms with E-state index in [0.717, 1.165) is 18.6 Å². The third-order valence-electron chi connectivity index (χ3n) is 4.04. The van der Waals surface area contributed by atoms with E-state index in [1.165, 1.54) is 4.31 Å². The highest BCUT2D eigenvalue weighted by atomic mass is 35.5. The normalized spacial score (nSPS) is 22.1. The van der Waals surface area contributed by atoms with Gasteiger partial charge in [0.05, 0.1) is 10.6 Å². The Morgan fingerprint density at radius 3 is 2.57 bits per heavy atom. The summed E-state index contributed by atoms with van der Waals surface area (Å²) >= 11 is 5.81. The molecule has 0 spiro atoms. The highest BCUT2D eigenvalue weighted by Gasteiger charge is 2.35. The quantitative estimate of drug-likeness (QED) is 0.889. The number of nitrogens with two attached hydrogens (primary N) is 1. The zero-order valence-corrected chi connectivity index (χ0v) is 14.0. The third-order valence-corrected chi connectivity index (χ3v) is 6.39. The van der Waals surface area contributed by atoms with Crippen LogP contribution in [0.5, 0.6) is 0 Å². The van der Waals surface area contributed by atoms with Crippen LogP contribution in [0, 0.1) is 5.92 Å². The average molecular weight is 371 g/mol. The number of sulfonamides is 1. The lowest BCUT2D eigenvalue weighted by molar-refractivity contribution is -0.137. The third kappa shape index (κ3) is 3.99. The minimum Gasteiger partial charge on any atom is -0.328 e. The molecule has 1 aliphatic heterocycles. The van der Waals surface area contributed by atoms with Gasteiger partial charge < -0.3 is 5.73 Å². The van der Waals surface area contributed by atoms with Gasteiger partial charge in [0.15, 0.2) is 0 Å². The molecule has 2 rings (SSSR count). The molecular weight excluding hydrogens is 353 g/mol. The zero-order valence-electron chi connectivity index (χ0n) is 12.5. The van der Waals surface area contributed by atoms with Gasteiger partial charge in [0.1, 0.15) is 4.90 Å². The first kappa shape index (κ1) is 18.5. The van der Waals surface area contributed by atoms with E-state index in [9.17, 15) is 21.6 Å². The molecule has 1 saturated heterocycles. The summed E-state index contributed by atoms with van der Waals surface area (Å²) in [5.41, 5.74) is 4.86. The predicted octanol–water partition coefficient (Wildman–Crippen LogP) is 3.11. The number of alkyl halides is 3. The van der Waals surface area contributed by atoms with E-state index in [-0.39, 0.29) is 23.4 Å². The number of hydrogen-bond acceptors (Lipinski definition) is 3.